The van der Waals surface area contributed by atoms with E-state index in [1.807, 2.05) is 6.07 Å². The molecule has 21 heavy (non-hydrogen) atoms. The second-order valence-corrected chi connectivity index (χ2v) is 6.50. The van der Waals surface area contributed by atoms with E-state index in [0.29, 0.717) is 31.9 Å². The average Bonchev–Trinajstić information content (AvgIpc) is 2.50. The van der Waals surface area contributed by atoms with Gasteiger partial charge in [0.1, 0.15) is 0 Å². The molecule has 0 amide bonds. The number of hydrogen-bond donors (Lipinski definition) is 2. The Morgan fingerprint density at radius 1 is 1.19 bits per heavy atom. The van der Waals surface area contributed by atoms with Gasteiger partial charge in [-0.25, -0.2) is 8.42 Å². The fourth-order valence-electron chi connectivity index (χ4n) is 1.65. The molecule has 1 aromatic carbocycles. The largest absolute Gasteiger partial charge is 0.394 e. The molecule has 0 bridgehead atoms. The highest BCUT2D eigenvalue weighted by Crippen LogP contribution is 2.11. The first kappa shape index (κ1) is 17.6. The Bertz CT molecular complexity index is 549. The summed E-state index contributed by atoms with van der Waals surface area (Å²) in [5, 5.41) is 20.2. The van der Waals surface area contributed by atoms with Crippen LogP contribution in [0.4, 0.5) is 0 Å². The van der Waals surface area contributed by atoms with Crippen LogP contribution in [-0.2, 0) is 14.6 Å². The lowest BCUT2D eigenvalue weighted by atomic mass is 10.2. The minimum Gasteiger partial charge on any atom is -0.394 e. The van der Waals surface area contributed by atoms with E-state index in [9.17, 15) is 8.42 Å². The SMILES string of the molecule is N#Cc1ccc(S(=O)(=O)CCNCCCOCCO)cc1. The molecule has 2 N–H and O–H groups in total. The monoisotopic (exact) mass is 312 g/mol. The van der Waals surface area contributed by atoms with Crippen LogP contribution in [0.15, 0.2) is 29.2 Å². The topological polar surface area (TPSA) is 99.4 Å². The van der Waals surface area contributed by atoms with Crippen LogP contribution in [-0.4, -0.2) is 52.2 Å². The zero-order valence-corrected chi connectivity index (χ0v) is 12.6. The van der Waals surface area contributed by atoms with Gasteiger partial charge in [0.15, 0.2) is 9.84 Å². The highest BCUT2D eigenvalue weighted by Gasteiger charge is 2.13. The van der Waals surface area contributed by atoms with E-state index in [0.717, 1.165) is 6.42 Å². The molecule has 6 nitrogen and oxygen atoms in total. The smallest absolute Gasteiger partial charge is 0.179 e. The van der Waals surface area contributed by atoms with Gasteiger partial charge in [0.05, 0.1) is 35.5 Å². The number of aliphatic hydroxyl groups excluding tert-OH is 1. The van der Waals surface area contributed by atoms with Crippen molar-refractivity contribution in [1.29, 1.82) is 5.26 Å². The lowest BCUT2D eigenvalue weighted by Gasteiger charge is -2.07. The molecule has 0 atom stereocenters. The van der Waals surface area contributed by atoms with E-state index in [1.165, 1.54) is 24.3 Å². The predicted octanol–water partition coefficient (Wildman–Crippen LogP) is 0.321. The number of nitrogens with one attached hydrogen (secondary N) is 1. The maximum atomic E-state index is 12.0. The molecule has 0 aromatic heterocycles. The van der Waals surface area contributed by atoms with E-state index in [-0.39, 0.29) is 17.3 Å². The average molecular weight is 312 g/mol. The summed E-state index contributed by atoms with van der Waals surface area (Å²) in [6.07, 6.45) is 0.761. The van der Waals surface area contributed by atoms with Crippen molar-refractivity contribution in [3.8, 4) is 6.07 Å². The highest BCUT2D eigenvalue weighted by atomic mass is 32.2. The lowest BCUT2D eigenvalue weighted by Crippen LogP contribution is -2.24. The van der Waals surface area contributed by atoms with Gasteiger partial charge in [-0.1, -0.05) is 0 Å². The quantitative estimate of drug-likeness (QED) is 0.604. The first-order valence-corrected chi connectivity index (χ1v) is 8.37. The zero-order valence-electron chi connectivity index (χ0n) is 11.8. The highest BCUT2D eigenvalue weighted by molar-refractivity contribution is 7.91. The fourth-order valence-corrected chi connectivity index (χ4v) is 2.85. The van der Waals surface area contributed by atoms with Crippen molar-refractivity contribution in [2.75, 3.05) is 38.7 Å². The molecule has 1 aromatic rings. The summed E-state index contributed by atoms with van der Waals surface area (Å²) in [5.74, 6) is 0.0103. The molecular formula is C14H20N2O4S. The Morgan fingerprint density at radius 3 is 2.52 bits per heavy atom. The van der Waals surface area contributed by atoms with Gasteiger partial charge in [0, 0.05) is 13.2 Å². The molecule has 0 radical (unpaired) electrons. The van der Waals surface area contributed by atoms with Crippen LogP contribution in [0.2, 0.25) is 0 Å². The second kappa shape index (κ2) is 9.47. The van der Waals surface area contributed by atoms with E-state index in [4.69, 9.17) is 15.1 Å². The van der Waals surface area contributed by atoms with Gasteiger partial charge >= 0.3 is 0 Å². The Hall–Kier alpha value is -1.46. The molecule has 0 unspecified atom stereocenters. The second-order valence-electron chi connectivity index (χ2n) is 4.39. The number of benzene rings is 1. The van der Waals surface area contributed by atoms with Crippen LogP contribution in [0.3, 0.4) is 0 Å². The fraction of sp³-hybridized carbons (Fsp3) is 0.500. The number of aliphatic hydroxyl groups is 1. The Labute approximate surface area is 125 Å². The van der Waals surface area contributed by atoms with Gasteiger partial charge in [-0.15, -0.1) is 0 Å². The number of nitrogens with zero attached hydrogens (tertiary/aromatic N) is 1. The molecule has 116 valence electrons. The van der Waals surface area contributed by atoms with Crippen molar-refractivity contribution in [3.05, 3.63) is 29.8 Å². The molecule has 0 aliphatic rings. The first-order valence-electron chi connectivity index (χ1n) is 6.72. The molecule has 0 heterocycles. The number of sulfone groups is 1. The van der Waals surface area contributed by atoms with Crippen molar-refractivity contribution in [3.63, 3.8) is 0 Å². The van der Waals surface area contributed by atoms with Crippen molar-refractivity contribution >= 4 is 9.84 Å². The van der Waals surface area contributed by atoms with Gasteiger partial charge in [-0.3, -0.25) is 0 Å². The third kappa shape index (κ3) is 6.69. The summed E-state index contributed by atoms with van der Waals surface area (Å²) in [5.41, 5.74) is 0.440. The maximum Gasteiger partial charge on any atom is 0.179 e. The number of rotatable bonds is 10. The zero-order chi connectivity index (χ0) is 15.6. The van der Waals surface area contributed by atoms with E-state index < -0.39 is 9.84 Å². The molecule has 7 heteroatoms. The van der Waals surface area contributed by atoms with E-state index >= 15 is 0 Å². The van der Waals surface area contributed by atoms with Crippen LogP contribution in [0.25, 0.3) is 0 Å². The Balaban J connectivity index is 2.28. The molecule has 0 fully saturated rings. The summed E-state index contributed by atoms with van der Waals surface area (Å²) in [4.78, 5) is 0.231. The number of ether oxygens (including phenoxy) is 1. The van der Waals surface area contributed by atoms with Gasteiger partial charge < -0.3 is 15.2 Å². The molecular weight excluding hydrogens is 292 g/mol. The van der Waals surface area contributed by atoms with Gasteiger partial charge in [-0.2, -0.15) is 5.26 Å². The van der Waals surface area contributed by atoms with E-state index in [2.05, 4.69) is 5.32 Å². The van der Waals surface area contributed by atoms with Crippen LogP contribution in [0, 0.1) is 11.3 Å². The summed E-state index contributed by atoms with van der Waals surface area (Å²) >= 11 is 0. The summed E-state index contributed by atoms with van der Waals surface area (Å²) in [6, 6.07) is 7.86. The number of nitriles is 1. The van der Waals surface area contributed by atoms with Crippen molar-refractivity contribution in [2.45, 2.75) is 11.3 Å². The van der Waals surface area contributed by atoms with Crippen molar-refractivity contribution in [1.82, 2.24) is 5.32 Å². The lowest BCUT2D eigenvalue weighted by molar-refractivity contribution is 0.0908. The van der Waals surface area contributed by atoms with Crippen LogP contribution < -0.4 is 5.32 Å². The number of hydrogen-bond acceptors (Lipinski definition) is 6. The summed E-state index contributed by atoms with van der Waals surface area (Å²) < 4.78 is 29.1. The predicted molar refractivity (Wildman–Crippen MR) is 78.6 cm³/mol. The Morgan fingerprint density at radius 2 is 1.90 bits per heavy atom. The molecule has 1 rings (SSSR count). The summed E-state index contributed by atoms with van der Waals surface area (Å²) in [7, 11) is -3.32. The van der Waals surface area contributed by atoms with Gasteiger partial charge in [-0.05, 0) is 37.2 Å². The molecule has 0 aliphatic heterocycles. The normalized spacial score (nSPS) is 11.2. The van der Waals surface area contributed by atoms with Crippen molar-refractivity contribution < 1.29 is 18.3 Å². The standard InChI is InChI=1S/C14H20N2O4S/c15-12-13-2-4-14(5-3-13)21(18,19)11-7-16-6-1-9-20-10-8-17/h2-5,16-17H,1,6-11H2. The molecule has 0 aliphatic carbocycles. The maximum absolute atomic E-state index is 12.0. The third-order valence-electron chi connectivity index (χ3n) is 2.77. The third-order valence-corrected chi connectivity index (χ3v) is 4.50. The van der Waals surface area contributed by atoms with Gasteiger partial charge in [0.2, 0.25) is 0 Å². The van der Waals surface area contributed by atoms with Crippen LogP contribution in [0.1, 0.15) is 12.0 Å². The minimum atomic E-state index is -3.32. The van der Waals surface area contributed by atoms with Crippen molar-refractivity contribution in [2.24, 2.45) is 0 Å². The molecule has 0 saturated carbocycles. The molecule has 0 spiro atoms. The minimum absolute atomic E-state index is 0.0102. The Kier molecular flexibility index (Phi) is 7.93. The van der Waals surface area contributed by atoms with Crippen LogP contribution in [0.5, 0.6) is 0 Å². The van der Waals surface area contributed by atoms with E-state index in [1.54, 1.807) is 0 Å². The van der Waals surface area contributed by atoms with Crippen LogP contribution >= 0.6 is 0 Å². The first-order chi connectivity index (χ1) is 10.1. The summed E-state index contributed by atoms with van der Waals surface area (Å²) in [6.45, 7) is 1.90. The van der Waals surface area contributed by atoms with Gasteiger partial charge in [0.25, 0.3) is 0 Å². The molecule has 0 saturated heterocycles.